The summed E-state index contributed by atoms with van der Waals surface area (Å²) in [4.78, 5) is 0. The molecule has 0 heterocycles. The molecule has 50 valence electrons. The molecule has 0 aliphatic rings. The molecule has 0 saturated carbocycles. The molecule has 0 saturated heterocycles. The van der Waals surface area contributed by atoms with Crippen LogP contribution < -0.4 is 0 Å². The summed E-state index contributed by atoms with van der Waals surface area (Å²) < 4.78 is 0. The Kier molecular flexibility index (Phi) is 5.78. The second-order valence-electron chi connectivity index (χ2n) is 1.70. The molecule has 0 atom stereocenters. The van der Waals surface area contributed by atoms with Crippen LogP contribution in [0.25, 0.3) is 6.08 Å². The molecule has 0 N–H and O–H groups in total. The van der Waals surface area contributed by atoms with E-state index >= 15 is 0 Å². The van der Waals surface area contributed by atoms with E-state index in [9.17, 15) is 0 Å². The minimum absolute atomic E-state index is 0. The summed E-state index contributed by atoms with van der Waals surface area (Å²) in [6.07, 6.45) is 1.85. The third kappa shape index (κ3) is 3.25. The maximum Gasteiger partial charge on any atom is 2.00 e. The van der Waals surface area contributed by atoms with Crippen molar-refractivity contribution in [3.05, 3.63) is 41.4 Å². The normalized spacial score (nSPS) is 9.30. The first-order valence-electron chi connectivity index (χ1n) is 2.75. The van der Waals surface area contributed by atoms with Crippen molar-refractivity contribution in [3.63, 3.8) is 0 Å². The van der Waals surface area contributed by atoms with Gasteiger partial charge in [-0.15, -0.1) is 0 Å². The minimum Gasteiger partial charge on any atom is -1.00 e. The van der Waals surface area contributed by atoms with Crippen molar-refractivity contribution in [2.24, 2.45) is 0 Å². The van der Waals surface area contributed by atoms with Gasteiger partial charge in [0.15, 0.2) is 0 Å². The second-order valence-corrected chi connectivity index (χ2v) is 1.96. The molecule has 0 aromatic heterocycles. The van der Waals surface area contributed by atoms with Gasteiger partial charge < -0.3 is 2.85 Å². The molecule has 0 unspecified atom stereocenters. The third-order valence-electron chi connectivity index (χ3n) is 1.06. The van der Waals surface area contributed by atoms with Crippen molar-refractivity contribution in [1.29, 1.82) is 0 Å². The first-order valence-corrected chi connectivity index (χ1v) is 3.19. The Morgan fingerprint density at radius 1 is 1.20 bits per heavy atom. The first-order chi connectivity index (χ1) is 4.43. The molecule has 0 nitrogen and oxygen atoms in total. The van der Waals surface area contributed by atoms with Gasteiger partial charge in [0.05, 0.1) is 0 Å². The molecule has 0 amide bonds. The van der Waals surface area contributed by atoms with E-state index in [0.29, 0.717) is 0 Å². The van der Waals surface area contributed by atoms with Gasteiger partial charge in [0.25, 0.3) is 0 Å². The Labute approximate surface area is 85.0 Å². The summed E-state index contributed by atoms with van der Waals surface area (Å²) in [5.41, 5.74) is 2.64. The van der Waals surface area contributed by atoms with Crippen LogP contribution in [0.1, 0.15) is 8.42 Å². The molecule has 10 heavy (non-hydrogen) atoms. The van der Waals surface area contributed by atoms with Crippen LogP contribution >= 0.6 is 11.6 Å². The van der Waals surface area contributed by atoms with Gasteiger partial charge in [-0.05, 0) is 11.6 Å². The third-order valence-corrected chi connectivity index (χ3v) is 1.18. The standard InChI is InChI=1S/C8H7Cl.Mg.2H/c9-7-6-8-4-2-1-3-5-8;;;/h1-7H;;;/q;+2;2*-1. The second kappa shape index (κ2) is 5.78. The van der Waals surface area contributed by atoms with Crippen LogP contribution in [0.5, 0.6) is 0 Å². The summed E-state index contributed by atoms with van der Waals surface area (Å²) in [6.45, 7) is 0. The number of hydrogen-bond donors (Lipinski definition) is 0. The zero-order chi connectivity index (χ0) is 6.53. The van der Waals surface area contributed by atoms with Gasteiger partial charge in [0.2, 0.25) is 0 Å². The van der Waals surface area contributed by atoms with Crippen LogP contribution in [0.2, 0.25) is 0 Å². The predicted molar refractivity (Wildman–Crippen MR) is 49.3 cm³/mol. The van der Waals surface area contributed by atoms with E-state index in [1.165, 1.54) is 5.54 Å². The molecule has 2 heteroatoms. The summed E-state index contributed by atoms with van der Waals surface area (Å²) >= 11 is 5.36. The Balaban J connectivity index is -0.000000270. The van der Waals surface area contributed by atoms with E-state index in [1.54, 1.807) is 0 Å². The van der Waals surface area contributed by atoms with Crippen molar-refractivity contribution >= 4 is 40.7 Å². The van der Waals surface area contributed by atoms with Crippen LogP contribution in [-0.2, 0) is 0 Å². The van der Waals surface area contributed by atoms with Crippen LogP contribution in [0, 0.1) is 0 Å². The molecule has 1 aromatic carbocycles. The molecular weight excluding hydrogens is 156 g/mol. The number of hydrogen-bond acceptors (Lipinski definition) is 0. The smallest absolute Gasteiger partial charge is 1.00 e. The van der Waals surface area contributed by atoms with Crippen LogP contribution in [0.3, 0.4) is 0 Å². The van der Waals surface area contributed by atoms with Gasteiger partial charge >= 0.3 is 23.1 Å². The van der Waals surface area contributed by atoms with Gasteiger partial charge in [-0.25, -0.2) is 0 Å². The quantitative estimate of drug-likeness (QED) is 0.561. The summed E-state index contributed by atoms with van der Waals surface area (Å²) in [5, 5.41) is 0. The van der Waals surface area contributed by atoms with Crippen LogP contribution in [0.4, 0.5) is 0 Å². The van der Waals surface area contributed by atoms with Crippen molar-refractivity contribution in [1.82, 2.24) is 0 Å². The van der Waals surface area contributed by atoms with Gasteiger partial charge in [-0.2, -0.15) is 0 Å². The molecule has 0 bridgehead atoms. The Bertz CT molecular complexity index is 201. The molecule has 1 rings (SSSR count). The molecule has 0 aliphatic heterocycles. The van der Waals surface area contributed by atoms with E-state index < -0.39 is 0 Å². The SMILES string of the molecule is ClC=Cc1ccccc1.[H-].[H-].[Mg+2]. The van der Waals surface area contributed by atoms with E-state index in [4.69, 9.17) is 11.6 Å². The Morgan fingerprint density at radius 3 is 2.30 bits per heavy atom. The van der Waals surface area contributed by atoms with Crippen molar-refractivity contribution in [2.45, 2.75) is 0 Å². The van der Waals surface area contributed by atoms with Crippen molar-refractivity contribution in [2.75, 3.05) is 0 Å². The Hall–Kier alpha value is 0.0162. The van der Waals surface area contributed by atoms with E-state index in [1.807, 2.05) is 36.4 Å². The molecule has 1 aromatic rings. The van der Waals surface area contributed by atoms with Gasteiger partial charge in [0, 0.05) is 5.54 Å². The zero-order valence-electron chi connectivity index (χ0n) is 7.63. The van der Waals surface area contributed by atoms with Crippen molar-refractivity contribution < 1.29 is 2.85 Å². The number of benzene rings is 1. The number of halogens is 1. The van der Waals surface area contributed by atoms with Crippen molar-refractivity contribution in [3.8, 4) is 0 Å². The molecular formula is C8H9ClMg. The van der Waals surface area contributed by atoms with Gasteiger partial charge in [-0.1, -0.05) is 41.9 Å². The van der Waals surface area contributed by atoms with Gasteiger partial charge in [0.1, 0.15) is 0 Å². The van der Waals surface area contributed by atoms with Crippen LogP contribution in [0.15, 0.2) is 35.9 Å². The largest absolute Gasteiger partial charge is 2.00 e. The minimum atomic E-state index is 0. The van der Waals surface area contributed by atoms with E-state index in [2.05, 4.69) is 0 Å². The maximum atomic E-state index is 5.36. The van der Waals surface area contributed by atoms with Gasteiger partial charge in [-0.3, -0.25) is 0 Å². The van der Waals surface area contributed by atoms with E-state index in [-0.39, 0.29) is 25.9 Å². The molecule has 0 spiro atoms. The topological polar surface area (TPSA) is 0 Å². The average molecular weight is 165 g/mol. The maximum absolute atomic E-state index is 5.36. The zero-order valence-corrected chi connectivity index (χ0v) is 7.80. The van der Waals surface area contributed by atoms with Crippen LogP contribution in [-0.4, -0.2) is 23.1 Å². The fourth-order valence-corrected chi connectivity index (χ4v) is 0.782. The fourth-order valence-electron chi connectivity index (χ4n) is 0.637. The van der Waals surface area contributed by atoms with E-state index in [0.717, 1.165) is 5.56 Å². The number of rotatable bonds is 1. The summed E-state index contributed by atoms with van der Waals surface area (Å²) in [5.74, 6) is 0. The summed E-state index contributed by atoms with van der Waals surface area (Å²) in [7, 11) is 0. The first kappa shape index (κ1) is 10.0. The predicted octanol–water partition coefficient (Wildman–Crippen LogP) is 2.74. The molecule has 0 aliphatic carbocycles. The Morgan fingerprint density at radius 2 is 1.80 bits per heavy atom. The monoisotopic (exact) mass is 164 g/mol. The summed E-state index contributed by atoms with van der Waals surface area (Å²) in [6, 6.07) is 9.93. The fraction of sp³-hybridized carbons (Fsp3) is 0. The average Bonchev–Trinajstić information content (AvgIpc) is 1.91. The molecule has 0 fully saturated rings. The molecule has 0 radical (unpaired) electrons.